The average molecular weight is 374 g/mol. The number of aryl methyl sites for hydroxylation is 1. The van der Waals surface area contributed by atoms with Crippen molar-refractivity contribution in [3.8, 4) is 11.5 Å². The molecule has 128 valence electrons. The number of thiophene rings is 1. The number of halogens is 1. The van der Waals surface area contributed by atoms with Gasteiger partial charge in [0.2, 0.25) is 12.1 Å². The summed E-state index contributed by atoms with van der Waals surface area (Å²) < 4.78 is 10.8. The number of aromatic nitrogens is 2. The first-order chi connectivity index (χ1) is 12.2. The van der Waals surface area contributed by atoms with Crippen LogP contribution in [0.3, 0.4) is 0 Å². The zero-order valence-corrected chi connectivity index (χ0v) is 15.2. The second-order valence-corrected chi connectivity index (χ2v) is 7.99. The van der Waals surface area contributed by atoms with Crippen LogP contribution in [0.4, 0.5) is 11.5 Å². The molecule has 2 aromatic heterocycles. The van der Waals surface area contributed by atoms with E-state index in [4.69, 9.17) is 21.1 Å². The summed E-state index contributed by atoms with van der Waals surface area (Å²) in [5.74, 6) is 2.98. The molecule has 1 unspecified atom stereocenters. The molecule has 0 saturated heterocycles. The second-order valence-electron chi connectivity index (χ2n) is 6.57. The third-order valence-corrected chi connectivity index (χ3v) is 6.08. The molecule has 0 amide bonds. The largest absolute Gasteiger partial charge is 0.454 e. The van der Waals surface area contributed by atoms with E-state index in [9.17, 15) is 0 Å². The van der Waals surface area contributed by atoms with Crippen molar-refractivity contribution in [3.63, 3.8) is 0 Å². The van der Waals surface area contributed by atoms with E-state index in [0.717, 1.165) is 46.1 Å². The highest BCUT2D eigenvalue weighted by Gasteiger charge is 2.24. The summed E-state index contributed by atoms with van der Waals surface area (Å²) in [6.07, 6.45) is 3.37. The molecule has 0 saturated carbocycles. The lowest BCUT2D eigenvalue weighted by molar-refractivity contribution is 0.174. The number of hydrogen-bond donors (Lipinski definition) is 1. The summed E-state index contributed by atoms with van der Waals surface area (Å²) in [5, 5.41) is 4.77. The monoisotopic (exact) mass is 373 g/mol. The molecule has 1 atom stereocenters. The number of anilines is 2. The summed E-state index contributed by atoms with van der Waals surface area (Å²) >= 11 is 7.92. The van der Waals surface area contributed by atoms with Gasteiger partial charge in [0.1, 0.15) is 10.6 Å². The van der Waals surface area contributed by atoms with E-state index in [1.807, 2.05) is 18.2 Å². The highest BCUT2D eigenvalue weighted by Crippen LogP contribution is 2.42. The van der Waals surface area contributed by atoms with Gasteiger partial charge in [-0.2, -0.15) is 4.98 Å². The zero-order chi connectivity index (χ0) is 17.0. The zero-order valence-electron chi connectivity index (χ0n) is 13.6. The van der Waals surface area contributed by atoms with Crippen LogP contribution in [-0.4, -0.2) is 16.8 Å². The first-order valence-corrected chi connectivity index (χ1v) is 9.51. The number of nitrogens with zero attached hydrogens (tertiary/aromatic N) is 2. The van der Waals surface area contributed by atoms with Crippen LogP contribution in [0, 0.1) is 5.92 Å². The average Bonchev–Trinajstić information content (AvgIpc) is 3.17. The van der Waals surface area contributed by atoms with Crippen molar-refractivity contribution in [2.24, 2.45) is 5.92 Å². The van der Waals surface area contributed by atoms with Crippen LogP contribution in [0.25, 0.3) is 10.2 Å². The Balaban J connectivity index is 1.60. The Hall–Kier alpha value is -2.05. The molecule has 3 heterocycles. The van der Waals surface area contributed by atoms with Crippen LogP contribution in [-0.2, 0) is 12.8 Å². The minimum absolute atomic E-state index is 0.262. The molecule has 2 aliphatic rings. The Labute approximate surface area is 154 Å². The Morgan fingerprint density at radius 1 is 1.24 bits per heavy atom. The summed E-state index contributed by atoms with van der Waals surface area (Å²) in [4.78, 5) is 11.3. The maximum atomic E-state index is 6.18. The van der Waals surface area contributed by atoms with Crippen molar-refractivity contribution in [1.29, 1.82) is 0 Å². The van der Waals surface area contributed by atoms with Gasteiger partial charge in [-0.1, -0.05) is 6.92 Å². The van der Waals surface area contributed by atoms with Gasteiger partial charge in [-0.25, -0.2) is 4.98 Å². The SMILES string of the molecule is CC1CCc2c(sc3nc(Cl)nc(Nc4ccc5c(c4)OCO5)c23)C1. The van der Waals surface area contributed by atoms with Crippen LogP contribution in [0.2, 0.25) is 5.28 Å². The number of benzene rings is 1. The third-order valence-electron chi connectivity index (χ3n) is 4.76. The molecule has 0 radical (unpaired) electrons. The smallest absolute Gasteiger partial charge is 0.231 e. The number of fused-ring (bicyclic) bond motifs is 4. The molecule has 3 aromatic rings. The second kappa shape index (κ2) is 5.75. The van der Waals surface area contributed by atoms with E-state index < -0.39 is 0 Å². The lowest BCUT2D eigenvalue weighted by Gasteiger charge is -2.18. The van der Waals surface area contributed by atoms with Crippen molar-refractivity contribution in [2.45, 2.75) is 26.2 Å². The van der Waals surface area contributed by atoms with Crippen LogP contribution in [0.5, 0.6) is 11.5 Å². The molecular formula is C18H16ClN3O2S. The molecular weight excluding hydrogens is 358 g/mol. The van der Waals surface area contributed by atoms with E-state index in [0.29, 0.717) is 5.92 Å². The van der Waals surface area contributed by atoms with Gasteiger partial charge in [0.25, 0.3) is 0 Å². The van der Waals surface area contributed by atoms with Crippen LogP contribution < -0.4 is 14.8 Å². The van der Waals surface area contributed by atoms with Crippen molar-refractivity contribution >= 4 is 44.7 Å². The molecule has 0 bridgehead atoms. The Morgan fingerprint density at radius 2 is 2.12 bits per heavy atom. The van der Waals surface area contributed by atoms with Crippen LogP contribution in [0.1, 0.15) is 23.8 Å². The Kier molecular flexibility index (Phi) is 3.50. The quantitative estimate of drug-likeness (QED) is 0.644. The van der Waals surface area contributed by atoms with Crippen LogP contribution >= 0.6 is 22.9 Å². The van der Waals surface area contributed by atoms with E-state index >= 15 is 0 Å². The number of rotatable bonds is 2. The Bertz CT molecular complexity index is 988. The van der Waals surface area contributed by atoms with Crippen molar-refractivity contribution in [2.75, 3.05) is 12.1 Å². The molecule has 0 spiro atoms. The summed E-state index contributed by atoms with van der Waals surface area (Å²) in [5.41, 5.74) is 2.27. The van der Waals surface area contributed by atoms with Gasteiger partial charge in [0.05, 0.1) is 5.39 Å². The van der Waals surface area contributed by atoms with Gasteiger partial charge in [0, 0.05) is 16.6 Å². The fourth-order valence-electron chi connectivity index (χ4n) is 3.52. The van der Waals surface area contributed by atoms with Gasteiger partial charge in [0.15, 0.2) is 11.5 Å². The lowest BCUT2D eigenvalue weighted by Crippen LogP contribution is -2.09. The van der Waals surface area contributed by atoms with Gasteiger partial charge < -0.3 is 14.8 Å². The standard InChI is InChI=1S/C18H16ClN3O2S/c1-9-2-4-11-14(6-9)25-17-15(11)16(21-18(19)22-17)20-10-3-5-12-13(7-10)24-8-23-12/h3,5,7,9H,2,4,6,8H2,1H3,(H,20,21,22). The molecule has 7 heteroatoms. The molecule has 0 fully saturated rings. The van der Waals surface area contributed by atoms with Crippen molar-refractivity contribution in [3.05, 3.63) is 33.9 Å². The molecule has 1 N–H and O–H groups in total. The predicted molar refractivity (Wildman–Crippen MR) is 99.5 cm³/mol. The maximum absolute atomic E-state index is 6.18. The summed E-state index contributed by atoms with van der Waals surface area (Å²) in [6.45, 7) is 2.57. The van der Waals surface area contributed by atoms with Gasteiger partial charge >= 0.3 is 0 Å². The van der Waals surface area contributed by atoms with Gasteiger partial charge in [-0.3, -0.25) is 0 Å². The van der Waals surface area contributed by atoms with E-state index in [1.165, 1.54) is 16.9 Å². The minimum atomic E-state index is 0.262. The minimum Gasteiger partial charge on any atom is -0.454 e. The fraction of sp³-hybridized carbons (Fsp3) is 0.333. The molecule has 1 aliphatic carbocycles. The maximum Gasteiger partial charge on any atom is 0.231 e. The van der Waals surface area contributed by atoms with Crippen molar-refractivity contribution in [1.82, 2.24) is 9.97 Å². The summed E-state index contributed by atoms with van der Waals surface area (Å²) in [7, 11) is 0. The first-order valence-electron chi connectivity index (χ1n) is 8.32. The first kappa shape index (κ1) is 15.2. The summed E-state index contributed by atoms with van der Waals surface area (Å²) in [6, 6.07) is 5.77. The number of hydrogen-bond acceptors (Lipinski definition) is 6. The Morgan fingerprint density at radius 3 is 3.04 bits per heavy atom. The van der Waals surface area contributed by atoms with Gasteiger partial charge in [-0.15, -0.1) is 11.3 Å². The number of nitrogens with one attached hydrogen (secondary N) is 1. The normalized spacial score (nSPS) is 18.4. The van der Waals surface area contributed by atoms with Crippen molar-refractivity contribution < 1.29 is 9.47 Å². The van der Waals surface area contributed by atoms with Crippen LogP contribution in [0.15, 0.2) is 18.2 Å². The molecule has 5 rings (SSSR count). The van der Waals surface area contributed by atoms with Gasteiger partial charge in [-0.05, 0) is 54.5 Å². The number of ether oxygens (including phenoxy) is 2. The topological polar surface area (TPSA) is 56.3 Å². The predicted octanol–water partition coefficient (Wildman–Crippen LogP) is 4.94. The lowest BCUT2D eigenvalue weighted by atomic mass is 9.89. The fourth-order valence-corrected chi connectivity index (χ4v) is 5.12. The highest BCUT2D eigenvalue weighted by molar-refractivity contribution is 7.19. The van der Waals surface area contributed by atoms with E-state index in [1.54, 1.807) is 11.3 Å². The molecule has 25 heavy (non-hydrogen) atoms. The van der Waals surface area contributed by atoms with E-state index in [2.05, 4.69) is 22.2 Å². The molecule has 1 aromatic carbocycles. The van der Waals surface area contributed by atoms with E-state index in [-0.39, 0.29) is 12.1 Å². The molecule has 5 nitrogen and oxygen atoms in total. The highest BCUT2D eigenvalue weighted by atomic mass is 35.5. The molecule has 1 aliphatic heterocycles. The third kappa shape index (κ3) is 2.60.